The first-order chi connectivity index (χ1) is 10.8. The maximum absolute atomic E-state index is 4.11. The van der Waals surface area contributed by atoms with Crippen LogP contribution in [0.4, 0.5) is 0 Å². The number of hydrogen-bond donors (Lipinski definition) is 0. The molecule has 2 rings (SSSR count). The molecule has 0 N–H and O–H groups in total. The van der Waals surface area contributed by atoms with Gasteiger partial charge in [0.25, 0.3) is 0 Å². The number of hydrogen-bond acceptors (Lipinski definition) is 4. The Kier molecular flexibility index (Phi) is 6.67. The van der Waals surface area contributed by atoms with E-state index in [2.05, 4.69) is 64.9 Å². The highest BCUT2D eigenvalue weighted by Crippen LogP contribution is 2.28. The highest BCUT2D eigenvalue weighted by atomic mass is 28.4. The second-order valence-corrected chi connectivity index (χ2v) is 17.6. The quantitative estimate of drug-likeness (QED) is 0.676. The Labute approximate surface area is 146 Å². The summed E-state index contributed by atoms with van der Waals surface area (Å²) in [5.41, 5.74) is 2.29. The topological polar surface area (TPSA) is 13.0 Å². The molecule has 2 heterocycles. The summed E-state index contributed by atoms with van der Waals surface area (Å²) in [5.74, 6) is 0. The van der Waals surface area contributed by atoms with Crippen LogP contribution in [0.15, 0.2) is 12.3 Å². The van der Waals surface area contributed by atoms with Gasteiger partial charge in [0.05, 0.1) is 8.07 Å². The second-order valence-electron chi connectivity index (χ2n) is 8.49. The van der Waals surface area contributed by atoms with Gasteiger partial charge in [-0.1, -0.05) is 19.1 Å². The Bertz CT molecular complexity index is 364. The van der Waals surface area contributed by atoms with Gasteiger partial charge in [-0.2, -0.15) is 0 Å². The molecule has 4 nitrogen and oxygen atoms in total. The standard InChI is InChI=1S/C17H38N4Si2/c1-7-22(4,5)16-17-23(6,20-12-8-18(2)9-13-20)21-14-10-19(3)11-15-21/h7H,1,8-17H2,2-6H3. The van der Waals surface area contributed by atoms with E-state index in [9.17, 15) is 0 Å². The van der Waals surface area contributed by atoms with Crippen molar-refractivity contribution in [3.63, 3.8) is 0 Å². The van der Waals surface area contributed by atoms with Gasteiger partial charge >= 0.3 is 0 Å². The molecular formula is C17H38N4Si2. The summed E-state index contributed by atoms with van der Waals surface area (Å²) < 4.78 is 5.82. The zero-order valence-electron chi connectivity index (χ0n) is 16.1. The summed E-state index contributed by atoms with van der Waals surface area (Å²) in [6.07, 6.45) is 0. The molecule has 0 spiro atoms. The van der Waals surface area contributed by atoms with Crippen LogP contribution in [-0.2, 0) is 0 Å². The molecule has 2 aliphatic heterocycles. The lowest BCUT2D eigenvalue weighted by molar-refractivity contribution is 0.171. The third-order valence-electron chi connectivity index (χ3n) is 6.16. The zero-order valence-corrected chi connectivity index (χ0v) is 18.1. The Morgan fingerprint density at radius 2 is 1.13 bits per heavy atom. The van der Waals surface area contributed by atoms with Crippen molar-refractivity contribution in [1.29, 1.82) is 0 Å². The summed E-state index contributed by atoms with van der Waals surface area (Å²) in [6.45, 7) is 21.7. The molecule has 2 fully saturated rings. The lowest BCUT2D eigenvalue weighted by Crippen LogP contribution is -2.70. The van der Waals surface area contributed by atoms with E-state index in [1.165, 1.54) is 64.4 Å². The Hall–Kier alpha value is 0.0138. The van der Waals surface area contributed by atoms with Crippen molar-refractivity contribution in [2.75, 3.05) is 66.5 Å². The van der Waals surface area contributed by atoms with E-state index >= 15 is 0 Å². The van der Waals surface area contributed by atoms with E-state index in [0.29, 0.717) is 0 Å². The number of rotatable bonds is 6. The van der Waals surface area contributed by atoms with Gasteiger partial charge in [-0.25, -0.2) is 0 Å². The molecule has 6 heteroatoms. The highest BCUT2D eigenvalue weighted by Gasteiger charge is 2.43. The molecule has 0 aromatic carbocycles. The summed E-state index contributed by atoms with van der Waals surface area (Å²) in [6, 6.07) is 2.82. The second kappa shape index (κ2) is 7.93. The van der Waals surface area contributed by atoms with Crippen molar-refractivity contribution in [2.24, 2.45) is 0 Å². The monoisotopic (exact) mass is 354 g/mol. The Morgan fingerprint density at radius 3 is 1.48 bits per heavy atom. The van der Waals surface area contributed by atoms with Gasteiger partial charge in [0, 0.05) is 52.4 Å². The summed E-state index contributed by atoms with van der Waals surface area (Å²) in [7, 11) is 1.78. The van der Waals surface area contributed by atoms with Crippen LogP contribution in [0.5, 0.6) is 0 Å². The van der Waals surface area contributed by atoms with Crippen molar-refractivity contribution in [3.8, 4) is 0 Å². The fourth-order valence-electron chi connectivity index (χ4n) is 3.75. The van der Waals surface area contributed by atoms with Crippen molar-refractivity contribution in [2.45, 2.75) is 31.7 Å². The fraction of sp³-hybridized carbons (Fsp3) is 0.882. The van der Waals surface area contributed by atoms with Crippen molar-refractivity contribution in [1.82, 2.24) is 18.9 Å². The van der Waals surface area contributed by atoms with E-state index < -0.39 is 16.5 Å². The molecule has 0 bridgehead atoms. The van der Waals surface area contributed by atoms with Gasteiger partial charge < -0.3 is 18.9 Å². The van der Waals surface area contributed by atoms with E-state index in [0.717, 1.165) is 0 Å². The van der Waals surface area contributed by atoms with Crippen LogP contribution in [0, 0.1) is 0 Å². The maximum Gasteiger partial charge on any atom is 0.203 e. The fourth-order valence-corrected chi connectivity index (χ4v) is 11.8. The Balaban J connectivity index is 2.10. The SMILES string of the molecule is C=C[Si](C)(C)CC[Si](C)(N1CCN(C)CC1)N1CCN(C)CC1. The molecule has 2 aliphatic rings. The first kappa shape index (κ1) is 19.3. The van der Waals surface area contributed by atoms with Crippen LogP contribution in [0.1, 0.15) is 0 Å². The minimum Gasteiger partial charge on any atom is -0.309 e. The van der Waals surface area contributed by atoms with Crippen LogP contribution in [0.2, 0.25) is 31.7 Å². The highest BCUT2D eigenvalue weighted by molar-refractivity contribution is 6.84. The smallest absolute Gasteiger partial charge is 0.203 e. The van der Waals surface area contributed by atoms with Crippen LogP contribution >= 0.6 is 0 Å². The third kappa shape index (κ3) is 5.00. The number of piperazine rings is 2. The molecule has 0 aromatic rings. The normalized spacial score (nSPS) is 24.0. The molecule has 0 amide bonds. The van der Waals surface area contributed by atoms with Crippen LogP contribution in [-0.4, -0.2) is 102 Å². The zero-order chi connectivity index (χ0) is 17.1. The van der Waals surface area contributed by atoms with E-state index in [1.54, 1.807) is 0 Å². The number of likely N-dealkylation sites (N-methyl/N-ethyl adjacent to an activating group) is 2. The van der Waals surface area contributed by atoms with Crippen molar-refractivity contribution < 1.29 is 0 Å². The molecule has 2 saturated heterocycles. The average molecular weight is 355 g/mol. The summed E-state index contributed by atoms with van der Waals surface area (Å²) in [4.78, 5) is 4.97. The van der Waals surface area contributed by atoms with Gasteiger partial charge in [-0.05, 0) is 26.7 Å². The van der Waals surface area contributed by atoms with Crippen LogP contribution in [0.3, 0.4) is 0 Å². The molecule has 23 heavy (non-hydrogen) atoms. The third-order valence-corrected chi connectivity index (χ3v) is 14.1. The largest absolute Gasteiger partial charge is 0.309 e. The first-order valence-corrected chi connectivity index (χ1v) is 15.2. The molecule has 0 radical (unpaired) electrons. The van der Waals surface area contributed by atoms with Crippen molar-refractivity contribution in [3.05, 3.63) is 12.3 Å². The van der Waals surface area contributed by atoms with Gasteiger partial charge in [-0.15, -0.1) is 12.3 Å². The molecule has 0 unspecified atom stereocenters. The van der Waals surface area contributed by atoms with Crippen LogP contribution < -0.4 is 0 Å². The summed E-state index contributed by atoms with van der Waals surface area (Å²) in [5, 5.41) is 0. The maximum atomic E-state index is 4.11. The molecule has 134 valence electrons. The first-order valence-electron chi connectivity index (χ1n) is 9.28. The van der Waals surface area contributed by atoms with E-state index in [4.69, 9.17) is 0 Å². The predicted molar refractivity (Wildman–Crippen MR) is 107 cm³/mol. The van der Waals surface area contributed by atoms with E-state index in [-0.39, 0.29) is 0 Å². The molecule has 0 saturated carbocycles. The van der Waals surface area contributed by atoms with Gasteiger partial charge in [0.1, 0.15) is 0 Å². The number of nitrogens with zero attached hydrogens (tertiary/aromatic N) is 4. The predicted octanol–water partition coefficient (Wildman–Crippen LogP) is 1.99. The van der Waals surface area contributed by atoms with E-state index in [1.807, 2.05) is 0 Å². The van der Waals surface area contributed by atoms with Gasteiger partial charge in [0.2, 0.25) is 8.40 Å². The molecule has 0 atom stereocenters. The Morgan fingerprint density at radius 1 is 0.739 bits per heavy atom. The minimum atomic E-state index is -1.53. The van der Waals surface area contributed by atoms with Gasteiger partial charge in [-0.3, -0.25) is 0 Å². The average Bonchev–Trinajstić information content (AvgIpc) is 2.54. The lowest BCUT2D eigenvalue weighted by Gasteiger charge is -2.52. The molecule has 0 aliphatic carbocycles. The lowest BCUT2D eigenvalue weighted by atomic mass is 10.4. The van der Waals surface area contributed by atoms with Crippen LogP contribution in [0.25, 0.3) is 0 Å². The van der Waals surface area contributed by atoms with Gasteiger partial charge in [0.15, 0.2) is 0 Å². The summed E-state index contributed by atoms with van der Waals surface area (Å²) >= 11 is 0. The minimum absolute atomic E-state index is 1.22. The molecular weight excluding hydrogens is 316 g/mol. The van der Waals surface area contributed by atoms with Crippen molar-refractivity contribution >= 4 is 16.5 Å². The molecule has 0 aromatic heterocycles.